The second-order valence-electron chi connectivity index (χ2n) is 5.73. The quantitative estimate of drug-likeness (QED) is 0.510. The van der Waals surface area contributed by atoms with Crippen molar-refractivity contribution < 1.29 is 9.66 Å². The molecule has 2 atom stereocenters. The van der Waals surface area contributed by atoms with E-state index in [9.17, 15) is 10.1 Å². The van der Waals surface area contributed by atoms with Crippen LogP contribution in [0.1, 0.15) is 32.9 Å². The van der Waals surface area contributed by atoms with Crippen LogP contribution in [0.25, 0.3) is 0 Å². The van der Waals surface area contributed by atoms with Crippen molar-refractivity contribution in [2.24, 2.45) is 5.41 Å². The van der Waals surface area contributed by atoms with Crippen molar-refractivity contribution in [1.82, 2.24) is 9.97 Å². The van der Waals surface area contributed by atoms with Crippen LogP contribution in [-0.4, -0.2) is 33.6 Å². The van der Waals surface area contributed by atoms with E-state index in [0.29, 0.717) is 6.61 Å². The lowest BCUT2D eigenvalue weighted by atomic mass is 9.64. The molecular formula is C13H19ClN4O3. The Morgan fingerprint density at radius 2 is 2.19 bits per heavy atom. The van der Waals surface area contributed by atoms with E-state index in [1.54, 1.807) is 6.92 Å². The topological polar surface area (TPSA) is 90.2 Å². The first-order valence-corrected chi connectivity index (χ1v) is 7.21. The third-order valence-corrected chi connectivity index (χ3v) is 4.24. The number of aryl methyl sites for hydroxylation is 1. The van der Waals surface area contributed by atoms with Gasteiger partial charge in [-0.25, -0.2) is 4.98 Å². The van der Waals surface area contributed by atoms with Gasteiger partial charge in [0.25, 0.3) is 0 Å². The zero-order chi connectivity index (χ0) is 15.8. The number of rotatable bonds is 5. The third-order valence-electron chi connectivity index (χ3n) is 4.07. The monoisotopic (exact) mass is 314 g/mol. The summed E-state index contributed by atoms with van der Waals surface area (Å²) in [5.41, 5.74) is -0.00841. The summed E-state index contributed by atoms with van der Waals surface area (Å²) in [5, 5.41) is 14.3. The smallest absolute Gasteiger partial charge is 0.332 e. The van der Waals surface area contributed by atoms with Crippen LogP contribution in [-0.2, 0) is 4.74 Å². The van der Waals surface area contributed by atoms with E-state index in [2.05, 4.69) is 29.1 Å². The van der Waals surface area contributed by atoms with Crippen molar-refractivity contribution in [3.63, 3.8) is 0 Å². The lowest BCUT2D eigenvalue weighted by molar-refractivity contribution is -0.385. The van der Waals surface area contributed by atoms with Crippen molar-refractivity contribution in [3.05, 3.63) is 21.1 Å². The Labute approximate surface area is 128 Å². The molecule has 8 heteroatoms. The number of ether oxygens (including phenoxy) is 1. The second kappa shape index (κ2) is 5.73. The Bertz CT molecular complexity index is 565. The fraction of sp³-hybridized carbons (Fsp3) is 0.692. The van der Waals surface area contributed by atoms with E-state index in [1.807, 2.05) is 6.92 Å². The summed E-state index contributed by atoms with van der Waals surface area (Å²) in [6.45, 7) is 8.28. The Kier molecular flexibility index (Phi) is 4.34. The molecule has 1 aromatic rings. The maximum atomic E-state index is 11.2. The highest BCUT2D eigenvalue weighted by atomic mass is 35.5. The lowest BCUT2D eigenvalue weighted by Gasteiger charge is -2.51. The highest BCUT2D eigenvalue weighted by Crippen LogP contribution is 2.45. The van der Waals surface area contributed by atoms with Gasteiger partial charge in [-0.15, -0.1) is 0 Å². The van der Waals surface area contributed by atoms with Crippen LogP contribution >= 0.6 is 11.6 Å². The van der Waals surface area contributed by atoms with Crippen LogP contribution in [0.5, 0.6) is 0 Å². The van der Waals surface area contributed by atoms with Crippen molar-refractivity contribution in [2.75, 3.05) is 11.9 Å². The number of aromatic nitrogens is 2. The zero-order valence-corrected chi connectivity index (χ0v) is 13.3. The van der Waals surface area contributed by atoms with Gasteiger partial charge in [-0.05, 0) is 31.9 Å². The van der Waals surface area contributed by atoms with Gasteiger partial charge in [0.15, 0.2) is 0 Å². The van der Waals surface area contributed by atoms with Gasteiger partial charge in [-0.3, -0.25) is 10.1 Å². The van der Waals surface area contributed by atoms with Gasteiger partial charge in [0.1, 0.15) is 5.69 Å². The number of hydrogen-bond acceptors (Lipinski definition) is 6. The molecule has 0 radical (unpaired) electrons. The summed E-state index contributed by atoms with van der Waals surface area (Å²) in [6.07, 6.45) is 0.913. The molecule has 0 amide bonds. The summed E-state index contributed by atoms with van der Waals surface area (Å²) in [6, 6.07) is 0.0399. The molecule has 116 valence electrons. The number of halogens is 1. The second-order valence-corrected chi connectivity index (χ2v) is 6.07. The maximum Gasteiger partial charge on any atom is 0.332 e. The van der Waals surface area contributed by atoms with Crippen LogP contribution in [0.15, 0.2) is 0 Å². The first-order valence-electron chi connectivity index (χ1n) is 6.84. The van der Waals surface area contributed by atoms with Gasteiger partial charge in [-0.2, -0.15) is 4.98 Å². The molecule has 7 nitrogen and oxygen atoms in total. The first-order chi connectivity index (χ1) is 9.77. The largest absolute Gasteiger partial charge is 0.378 e. The molecule has 1 heterocycles. The van der Waals surface area contributed by atoms with Crippen LogP contribution in [0.4, 0.5) is 11.5 Å². The van der Waals surface area contributed by atoms with E-state index < -0.39 is 4.92 Å². The van der Waals surface area contributed by atoms with Crippen LogP contribution < -0.4 is 5.32 Å². The summed E-state index contributed by atoms with van der Waals surface area (Å²) in [5.74, 6) is 0.172. The molecule has 0 aromatic carbocycles. The van der Waals surface area contributed by atoms with E-state index in [1.165, 1.54) is 0 Å². The summed E-state index contributed by atoms with van der Waals surface area (Å²) < 4.78 is 5.65. The van der Waals surface area contributed by atoms with Gasteiger partial charge >= 0.3 is 5.69 Å². The standard InChI is InChI=1S/C13H19ClN4O3/c1-5-21-9-6-8(13(9,3)4)16-11-10(18(19)20)7(2)15-12(14)17-11/h8-9H,5-6H2,1-4H3,(H,15,16,17). The Morgan fingerprint density at radius 3 is 2.71 bits per heavy atom. The molecule has 1 N–H and O–H groups in total. The molecule has 1 aromatic heterocycles. The molecule has 0 aliphatic heterocycles. The highest BCUT2D eigenvalue weighted by molar-refractivity contribution is 6.28. The average Bonchev–Trinajstić information content (AvgIpc) is 2.36. The fourth-order valence-corrected chi connectivity index (χ4v) is 2.84. The molecule has 0 bridgehead atoms. The number of nitro groups is 1. The lowest BCUT2D eigenvalue weighted by Crippen LogP contribution is -2.58. The van der Waals surface area contributed by atoms with Crippen molar-refractivity contribution in [3.8, 4) is 0 Å². The van der Waals surface area contributed by atoms with Crippen LogP contribution in [0, 0.1) is 22.5 Å². The average molecular weight is 315 g/mol. The predicted molar refractivity (Wildman–Crippen MR) is 79.7 cm³/mol. The SMILES string of the molecule is CCOC1CC(Nc2nc(Cl)nc(C)c2[N+](=O)[O-])C1(C)C. The minimum Gasteiger partial charge on any atom is -0.378 e. The van der Waals surface area contributed by atoms with Crippen LogP contribution in [0.2, 0.25) is 5.28 Å². The molecular weight excluding hydrogens is 296 g/mol. The molecule has 2 rings (SSSR count). The first kappa shape index (κ1) is 15.9. The van der Waals surface area contributed by atoms with E-state index in [-0.39, 0.29) is 40.0 Å². The normalized spacial score (nSPS) is 23.5. The van der Waals surface area contributed by atoms with E-state index >= 15 is 0 Å². The van der Waals surface area contributed by atoms with Gasteiger partial charge in [0, 0.05) is 18.1 Å². The number of nitrogens with zero attached hydrogens (tertiary/aromatic N) is 3. The van der Waals surface area contributed by atoms with Crippen molar-refractivity contribution in [1.29, 1.82) is 0 Å². The minimum atomic E-state index is -0.486. The number of hydrogen-bond donors (Lipinski definition) is 1. The van der Waals surface area contributed by atoms with Gasteiger partial charge < -0.3 is 10.1 Å². The molecule has 0 saturated heterocycles. The fourth-order valence-electron chi connectivity index (χ4n) is 2.63. The number of nitrogens with one attached hydrogen (secondary N) is 1. The van der Waals surface area contributed by atoms with Crippen LogP contribution in [0.3, 0.4) is 0 Å². The molecule has 0 spiro atoms. The third kappa shape index (κ3) is 2.94. The molecule has 1 aliphatic rings. The Balaban J connectivity index is 2.23. The molecule has 1 aliphatic carbocycles. The van der Waals surface area contributed by atoms with Crippen molar-refractivity contribution >= 4 is 23.1 Å². The molecule has 1 saturated carbocycles. The Hall–Kier alpha value is -1.47. The van der Waals surface area contributed by atoms with Gasteiger partial charge in [0.05, 0.1) is 11.0 Å². The predicted octanol–water partition coefficient (Wildman–Crippen LogP) is 2.96. The highest BCUT2D eigenvalue weighted by Gasteiger charge is 2.49. The molecule has 1 fully saturated rings. The minimum absolute atomic E-state index is 0.000845. The summed E-state index contributed by atoms with van der Waals surface area (Å²) >= 11 is 5.81. The van der Waals surface area contributed by atoms with Gasteiger partial charge in [0.2, 0.25) is 11.1 Å². The van der Waals surface area contributed by atoms with Gasteiger partial charge in [-0.1, -0.05) is 13.8 Å². The van der Waals surface area contributed by atoms with E-state index in [0.717, 1.165) is 6.42 Å². The maximum absolute atomic E-state index is 11.2. The number of anilines is 1. The molecule has 21 heavy (non-hydrogen) atoms. The summed E-state index contributed by atoms with van der Waals surface area (Å²) in [4.78, 5) is 18.5. The zero-order valence-electron chi connectivity index (χ0n) is 12.5. The Morgan fingerprint density at radius 1 is 1.52 bits per heavy atom. The summed E-state index contributed by atoms with van der Waals surface area (Å²) in [7, 11) is 0. The van der Waals surface area contributed by atoms with E-state index in [4.69, 9.17) is 16.3 Å². The van der Waals surface area contributed by atoms with Crippen molar-refractivity contribution in [2.45, 2.75) is 46.3 Å². The molecule has 2 unspecified atom stereocenters.